The first-order chi connectivity index (χ1) is 15.5. The summed E-state index contributed by atoms with van der Waals surface area (Å²) in [7, 11) is 0. The quantitative estimate of drug-likeness (QED) is 0.501. The Balaban J connectivity index is 1.58. The number of nitriles is 1. The highest BCUT2D eigenvalue weighted by atomic mass is 16.5. The van der Waals surface area contributed by atoms with Gasteiger partial charge in [0.1, 0.15) is 12.4 Å². The second-order valence-electron chi connectivity index (χ2n) is 7.39. The maximum atomic E-state index is 11.8. The summed E-state index contributed by atoms with van der Waals surface area (Å²) in [5.74, 6) is 1.76. The van der Waals surface area contributed by atoms with Crippen LogP contribution in [0.1, 0.15) is 16.7 Å². The number of hydrogen-bond donors (Lipinski definition) is 1. The number of fused-ring (bicyclic) bond motifs is 1. The van der Waals surface area contributed by atoms with Crippen molar-refractivity contribution in [3.8, 4) is 23.3 Å². The van der Waals surface area contributed by atoms with Crippen LogP contribution in [0.4, 0.5) is 0 Å². The van der Waals surface area contributed by atoms with Crippen molar-refractivity contribution in [2.24, 2.45) is 0 Å². The minimum Gasteiger partial charge on any atom is -0.488 e. The van der Waals surface area contributed by atoms with Crippen LogP contribution in [0.15, 0.2) is 70.4 Å². The lowest BCUT2D eigenvalue weighted by Crippen LogP contribution is -2.30. The molecule has 0 saturated heterocycles. The molecule has 0 saturated carbocycles. The summed E-state index contributed by atoms with van der Waals surface area (Å²) in [4.78, 5) is 25.2. The molecule has 0 amide bonds. The molecular formula is C25H21N3O4. The van der Waals surface area contributed by atoms with Gasteiger partial charge >= 0.3 is 5.69 Å². The van der Waals surface area contributed by atoms with Crippen molar-refractivity contribution in [1.82, 2.24) is 9.55 Å². The molecule has 1 heterocycles. The monoisotopic (exact) mass is 427 g/mol. The molecule has 1 N–H and O–H groups in total. The Morgan fingerprint density at radius 2 is 1.75 bits per heavy atom. The van der Waals surface area contributed by atoms with Gasteiger partial charge in [-0.1, -0.05) is 18.2 Å². The smallest absolute Gasteiger partial charge is 0.328 e. The molecule has 0 unspecified atom stereocenters. The number of aromatic nitrogens is 2. The summed E-state index contributed by atoms with van der Waals surface area (Å²) in [6.07, 6.45) is 1.43. The lowest BCUT2D eigenvalue weighted by Gasteiger charge is -2.16. The molecule has 4 rings (SSSR count). The Labute approximate surface area is 184 Å². The molecule has 160 valence electrons. The lowest BCUT2D eigenvalue weighted by molar-refractivity contribution is 0.283. The molecular weight excluding hydrogens is 406 g/mol. The van der Waals surface area contributed by atoms with Crippen LogP contribution >= 0.6 is 0 Å². The van der Waals surface area contributed by atoms with Gasteiger partial charge in [-0.05, 0) is 66.1 Å². The highest BCUT2D eigenvalue weighted by Gasteiger charge is 2.12. The van der Waals surface area contributed by atoms with Gasteiger partial charge in [-0.3, -0.25) is 14.3 Å². The van der Waals surface area contributed by atoms with Crippen LogP contribution in [0.2, 0.25) is 0 Å². The fourth-order valence-electron chi connectivity index (χ4n) is 3.54. The highest BCUT2D eigenvalue weighted by molar-refractivity contribution is 5.91. The molecule has 0 aliphatic heterocycles. The van der Waals surface area contributed by atoms with E-state index >= 15 is 0 Å². The fraction of sp³-hybridized carbons (Fsp3) is 0.160. The summed E-state index contributed by atoms with van der Waals surface area (Å²) < 4.78 is 13.5. The van der Waals surface area contributed by atoms with Gasteiger partial charge in [0.25, 0.3) is 5.56 Å². The first-order valence-corrected chi connectivity index (χ1v) is 10.1. The molecule has 32 heavy (non-hydrogen) atoms. The van der Waals surface area contributed by atoms with Gasteiger partial charge in [0.2, 0.25) is 0 Å². The van der Waals surface area contributed by atoms with Crippen LogP contribution in [-0.2, 0) is 6.54 Å². The molecule has 1 aromatic heterocycles. The predicted octanol–water partition coefficient (Wildman–Crippen LogP) is 4.05. The highest BCUT2D eigenvalue weighted by Crippen LogP contribution is 2.37. The number of aryl methyl sites for hydroxylation is 2. The zero-order valence-corrected chi connectivity index (χ0v) is 17.7. The van der Waals surface area contributed by atoms with Crippen molar-refractivity contribution >= 4 is 10.8 Å². The molecule has 0 aliphatic carbocycles. The predicted molar refractivity (Wildman–Crippen MR) is 121 cm³/mol. The van der Waals surface area contributed by atoms with E-state index in [1.165, 1.54) is 16.8 Å². The molecule has 0 spiro atoms. The number of ether oxygens (including phenoxy) is 2. The van der Waals surface area contributed by atoms with E-state index < -0.39 is 11.2 Å². The van der Waals surface area contributed by atoms with E-state index in [1.807, 2.05) is 56.3 Å². The van der Waals surface area contributed by atoms with Gasteiger partial charge in [-0.25, -0.2) is 4.79 Å². The standard InChI is InChI=1S/C25H21N3O4/c1-16-13-23(17(2)20-14-18(15-26)7-8-19(16)20)32-22-6-4-3-5-21(22)31-12-11-28-10-9-24(29)27-25(28)30/h3-10,13-14H,11-12H2,1-2H3,(H,27,29,30). The van der Waals surface area contributed by atoms with E-state index in [0.29, 0.717) is 22.8 Å². The molecule has 7 nitrogen and oxygen atoms in total. The number of nitrogens with zero attached hydrogens (tertiary/aromatic N) is 2. The number of aromatic amines is 1. The zero-order chi connectivity index (χ0) is 22.7. The molecule has 0 radical (unpaired) electrons. The van der Waals surface area contributed by atoms with Gasteiger partial charge < -0.3 is 9.47 Å². The zero-order valence-electron chi connectivity index (χ0n) is 17.7. The van der Waals surface area contributed by atoms with Crippen molar-refractivity contribution in [1.29, 1.82) is 5.26 Å². The van der Waals surface area contributed by atoms with E-state index in [-0.39, 0.29) is 13.2 Å². The average Bonchev–Trinajstić information content (AvgIpc) is 2.79. The van der Waals surface area contributed by atoms with Crippen molar-refractivity contribution in [2.75, 3.05) is 6.61 Å². The molecule has 3 aromatic carbocycles. The summed E-state index contributed by atoms with van der Waals surface area (Å²) in [6.45, 7) is 4.46. The summed E-state index contributed by atoms with van der Waals surface area (Å²) in [6, 6.07) is 18.4. The van der Waals surface area contributed by atoms with Crippen LogP contribution in [0.25, 0.3) is 10.8 Å². The number of nitrogens with one attached hydrogen (secondary N) is 1. The van der Waals surface area contributed by atoms with Crippen molar-refractivity contribution in [3.63, 3.8) is 0 Å². The Morgan fingerprint density at radius 3 is 2.50 bits per heavy atom. The van der Waals surface area contributed by atoms with Gasteiger partial charge in [0.15, 0.2) is 11.5 Å². The molecule has 0 aliphatic rings. The SMILES string of the molecule is Cc1cc(Oc2ccccc2OCCn2ccc(=O)[nH]c2=O)c(C)c2cc(C#N)ccc12. The van der Waals surface area contributed by atoms with Crippen LogP contribution in [0.5, 0.6) is 17.2 Å². The first-order valence-electron chi connectivity index (χ1n) is 10.1. The third-order valence-corrected chi connectivity index (χ3v) is 5.25. The van der Waals surface area contributed by atoms with E-state index in [9.17, 15) is 14.9 Å². The van der Waals surface area contributed by atoms with Crippen molar-refractivity contribution in [3.05, 3.63) is 98.3 Å². The Kier molecular flexibility index (Phi) is 5.77. The third-order valence-electron chi connectivity index (χ3n) is 5.25. The Morgan fingerprint density at radius 1 is 0.969 bits per heavy atom. The van der Waals surface area contributed by atoms with Crippen LogP contribution < -0.4 is 20.7 Å². The minimum atomic E-state index is -0.482. The number of rotatable bonds is 6. The van der Waals surface area contributed by atoms with E-state index in [2.05, 4.69) is 11.1 Å². The number of hydrogen-bond acceptors (Lipinski definition) is 5. The van der Waals surface area contributed by atoms with Crippen LogP contribution in [-0.4, -0.2) is 16.2 Å². The van der Waals surface area contributed by atoms with E-state index in [1.54, 1.807) is 6.07 Å². The first kappa shape index (κ1) is 20.9. The van der Waals surface area contributed by atoms with Crippen LogP contribution in [0, 0.1) is 25.2 Å². The number of benzene rings is 3. The molecule has 7 heteroatoms. The average molecular weight is 427 g/mol. The second-order valence-corrected chi connectivity index (χ2v) is 7.39. The molecule has 0 bridgehead atoms. The van der Waals surface area contributed by atoms with E-state index in [4.69, 9.17) is 9.47 Å². The Bertz CT molecular complexity index is 1460. The maximum Gasteiger partial charge on any atom is 0.328 e. The fourth-order valence-corrected chi connectivity index (χ4v) is 3.54. The second kappa shape index (κ2) is 8.82. The normalized spacial score (nSPS) is 10.7. The number of para-hydroxylation sites is 2. The molecule has 4 aromatic rings. The summed E-state index contributed by atoms with van der Waals surface area (Å²) in [5.41, 5.74) is 1.65. The topological polar surface area (TPSA) is 97.1 Å². The Hall–Kier alpha value is -4.31. The number of H-pyrrole nitrogens is 1. The molecule has 0 fully saturated rings. The summed E-state index contributed by atoms with van der Waals surface area (Å²) in [5, 5.41) is 11.3. The largest absolute Gasteiger partial charge is 0.488 e. The van der Waals surface area contributed by atoms with Gasteiger partial charge in [0.05, 0.1) is 18.2 Å². The van der Waals surface area contributed by atoms with Crippen LogP contribution in [0.3, 0.4) is 0 Å². The third kappa shape index (κ3) is 4.25. The lowest BCUT2D eigenvalue weighted by atomic mass is 9.98. The maximum absolute atomic E-state index is 11.8. The van der Waals surface area contributed by atoms with Crippen molar-refractivity contribution in [2.45, 2.75) is 20.4 Å². The summed E-state index contributed by atoms with van der Waals surface area (Å²) >= 11 is 0. The van der Waals surface area contributed by atoms with Gasteiger partial charge in [0, 0.05) is 12.3 Å². The van der Waals surface area contributed by atoms with Gasteiger partial charge in [-0.15, -0.1) is 0 Å². The van der Waals surface area contributed by atoms with Gasteiger partial charge in [-0.2, -0.15) is 5.26 Å². The minimum absolute atomic E-state index is 0.216. The van der Waals surface area contributed by atoms with E-state index in [0.717, 1.165) is 21.9 Å². The van der Waals surface area contributed by atoms with Crippen molar-refractivity contribution < 1.29 is 9.47 Å². The molecule has 0 atom stereocenters.